The van der Waals surface area contributed by atoms with Crippen molar-refractivity contribution in [2.45, 2.75) is 31.8 Å². The molecule has 0 bridgehead atoms. The zero-order chi connectivity index (χ0) is 24.5. The van der Waals surface area contributed by atoms with Crippen LogP contribution in [-0.2, 0) is 13.9 Å². The van der Waals surface area contributed by atoms with Gasteiger partial charge in [0.25, 0.3) is 0 Å². The summed E-state index contributed by atoms with van der Waals surface area (Å²) in [5.74, 6) is -0.401. The second-order valence-corrected chi connectivity index (χ2v) is 10.5. The number of aromatic nitrogens is 4. The first-order valence-electron chi connectivity index (χ1n) is 10.4. The van der Waals surface area contributed by atoms with E-state index in [9.17, 15) is 14.5 Å². The number of hydrogen-bond donors (Lipinski definition) is 3. The van der Waals surface area contributed by atoms with Gasteiger partial charge in [0.05, 0.1) is 20.0 Å². The lowest BCUT2D eigenvalue weighted by molar-refractivity contribution is -0.138. The number of imidazole rings is 1. The lowest BCUT2D eigenvalue weighted by Crippen LogP contribution is -2.35. The van der Waals surface area contributed by atoms with E-state index in [4.69, 9.17) is 19.5 Å². The van der Waals surface area contributed by atoms with Crippen LogP contribution in [-0.4, -0.2) is 50.4 Å². The number of benzene rings is 1. The van der Waals surface area contributed by atoms with Crippen LogP contribution in [0, 0.1) is 5.92 Å². The van der Waals surface area contributed by atoms with E-state index >= 15 is 0 Å². The number of aliphatic carboxylic acids is 1. The molecule has 0 radical (unpaired) electrons. The van der Waals surface area contributed by atoms with Crippen molar-refractivity contribution < 1.29 is 28.3 Å². The number of anilines is 1. The molecule has 1 aromatic carbocycles. The fraction of sp³-hybridized carbons (Fsp3) is 0.400. The lowest BCUT2D eigenvalue weighted by Gasteiger charge is -2.36. The van der Waals surface area contributed by atoms with Gasteiger partial charge in [-0.1, -0.05) is 15.9 Å². The molecule has 182 valence electrons. The predicted molar refractivity (Wildman–Crippen MR) is 127 cm³/mol. The van der Waals surface area contributed by atoms with Gasteiger partial charge in [0.15, 0.2) is 11.2 Å². The second kappa shape index (κ2) is 9.87. The summed E-state index contributed by atoms with van der Waals surface area (Å²) < 4.78 is 32.5. The maximum atomic E-state index is 13.3. The molecule has 4 N–H and O–H groups in total. The number of nitrogens with one attached hydrogen (secondary N) is 1. The Bertz CT molecular complexity index is 1230. The number of halogens is 1. The zero-order valence-corrected chi connectivity index (χ0v) is 20.9. The summed E-state index contributed by atoms with van der Waals surface area (Å²) in [5, 5.41) is 11.7. The first-order valence-corrected chi connectivity index (χ1v) is 12.8. The van der Waals surface area contributed by atoms with E-state index in [0.29, 0.717) is 35.6 Å². The highest BCUT2D eigenvalue weighted by atomic mass is 79.9. The highest BCUT2D eigenvalue weighted by Crippen LogP contribution is 2.48. The van der Waals surface area contributed by atoms with Crippen molar-refractivity contribution in [3.05, 3.63) is 35.1 Å². The number of nitrogens with zero attached hydrogens (tertiary/aromatic N) is 4. The number of hydrogen-bond acceptors (Lipinski definition) is 9. The maximum Gasteiger partial charge on any atom is 0.459 e. The van der Waals surface area contributed by atoms with Gasteiger partial charge in [-0.25, -0.2) is 9.55 Å². The van der Waals surface area contributed by atoms with Crippen LogP contribution in [0.25, 0.3) is 11.2 Å². The van der Waals surface area contributed by atoms with E-state index in [0.717, 1.165) is 4.47 Å². The summed E-state index contributed by atoms with van der Waals surface area (Å²) in [7, 11) is -2.46. The first kappa shape index (κ1) is 24.4. The molecule has 12 nitrogen and oxygen atoms in total. The fourth-order valence-electron chi connectivity index (χ4n) is 3.60. The fourth-order valence-corrected chi connectivity index (χ4v) is 5.44. The molecule has 3 aromatic rings. The highest BCUT2D eigenvalue weighted by molar-refractivity contribution is 9.10. The Morgan fingerprint density at radius 2 is 2.06 bits per heavy atom. The largest absolute Gasteiger partial charge is 0.480 e. The van der Waals surface area contributed by atoms with Crippen LogP contribution in [0.2, 0.25) is 0 Å². The van der Waals surface area contributed by atoms with Crippen molar-refractivity contribution in [3.8, 4) is 11.6 Å². The average Bonchev–Trinajstić information content (AvgIpc) is 3.17. The van der Waals surface area contributed by atoms with Gasteiger partial charge in [-0.05, 0) is 49.9 Å². The van der Waals surface area contributed by atoms with Crippen LogP contribution in [0.15, 0.2) is 35.1 Å². The number of carboxylic acid groups (broad SMARTS) is 1. The van der Waals surface area contributed by atoms with Crippen LogP contribution in [0.4, 0.5) is 5.95 Å². The molecule has 2 heterocycles. The Balaban J connectivity index is 1.41. The minimum Gasteiger partial charge on any atom is -0.480 e. The Morgan fingerprint density at radius 1 is 1.35 bits per heavy atom. The lowest BCUT2D eigenvalue weighted by atomic mass is 9.81. The predicted octanol–water partition coefficient (Wildman–Crippen LogP) is 3.40. The van der Waals surface area contributed by atoms with E-state index < -0.39 is 19.8 Å². The van der Waals surface area contributed by atoms with Gasteiger partial charge in [0.1, 0.15) is 11.8 Å². The summed E-state index contributed by atoms with van der Waals surface area (Å²) in [4.78, 5) is 23.9. The number of ether oxygens (including phenoxy) is 1. The summed E-state index contributed by atoms with van der Waals surface area (Å²) >= 11 is 3.32. The molecule has 1 aliphatic carbocycles. The van der Waals surface area contributed by atoms with Gasteiger partial charge in [0.2, 0.25) is 11.8 Å². The Kier molecular flexibility index (Phi) is 7.08. The van der Waals surface area contributed by atoms with Crippen molar-refractivity contribution in [2.24, 2.45) is 5.92 Å². The minimum absolute atomic E-state index is 0.0762. The average molecular weight is 555 g/mol. The van der Waals surface area contributed by atoms with Crippen molar-refractivity contribution in [1.29, 1.82) is 0 Å². The monoisotopic (exact) mass is 554 g/mol. The molecular weight excluding hydrogens is 531 g/mol. The second-order valence-electron chi connectivity index (χ2n) is 7.93. The molecule has 4 rings (SSSR count). The summed E-state index contributed by atoms with van der Waals surface area (Å²) in [5.41, 5.74) is 6.89. The SMILES string of the molecule is COc1nc(N)nc2c1ncn2C1CC(COP(=O)(NC(C)C(=O)O)Oc2ccc(Br)cc2)C1. The number of rotatable bonds is 10. The third-order valence-electron chi connectivity index (χ3n) is 5.45. The molecule has 34 heavy (non-hydrogen) atoms. The molecule has 0 aliphatic heterocycles. The Labute approximate surface area is 203 Å². The van der Waals surface area contributed by atoms with E-state index in [-0.39, 0.29) is 24.5 Å². The normalized spacial score (nSPS) is 20.3. The molecular formula is C20H24BrN6O6P. The summed E-state index contributed by atoms with van der Waals surface area (Å²) in [6.07, 6.45) is 3.09. The molecule has 1 saturated carbocycles. The zero-order valence-electron chi connectivity index (χ0n) is 18.4. The van der Waals surface area contributed by atoms with Gasteiger partial charge >= 0.3 is 13.7 Å². The number of methoxy groups -OCH3 is 1. The molecule has 0 amide bonds. The standard InChI is InChI=1S/C20H24BrN6O6P/c1-11(19(28)29)26-34(30,33-15-5-3-13(21)4-6-15)32-9-12-7-14(8-12)27-10-23-16-17(27)24-20(22)25-18(16)31-2/h3-6,10-12,14H,7-9H2,1-2H3,(H,26,30)(H,28,29)(H2,22,24,25). The summed E-state index contributed by atoms with van der Waals surface area (Å²) in [6, 6.07) is 5.62. The van der Waals surface area contributed by atoms with Crippen LogP contribution in [0.3, 0.4) is 0 Å². The number of fused-ring (bicyclic) bond motifs is 1. The highest BCUT2D eigenvalue weighted by Gasteiger charge is 2.37. The van der Waals surface area contributed by atoms with E-state index in [1.54, 1.807) is 30.6 Å². The van der Waals surface area contributed by atoms with Gasteiger partial charge in [0, 0.05) is 10.5 Å². The van der Waals surface area contributed by atoms with E-state index in [1.807, 2.05) is 4.57 Å². The number of nitrogens with two attached hydrogens (primary N) is 1. The number of carboxylic acids is 1. The third kappa shape index (κ3) is 5.33. The van der Waals surface area contributed by atoms with E-state index in [2.05, 4.69) is 36.0 Å². The van der Waals surface area contributed by atoms with Crippen LogP contribution in [0.5, 0.6) is 11.6 Å². The molecule has 2 atom stereocenters. The molecule has 14 heteroatoms. The first-order chi connectivity index (χ1) is 16.2. The van der Waals surface area contributed by atoms with Gasteiger partial charge < -0.3 is 24.7 Å². The van der Waals surface area contributed by atoms with Gasteiger partial charge in [-0.15, -0.1) is 0 Å². The Hall–Kier alpha value is -2.73. The molecule has 1 fully saturated rings. The molecule has 2 unspecified atom stereocenters. The molecule has 0 saturated heterocycles. The van der Waals surface area contributed by atoms with Crippen LogP contribution < -0.4 is 20.1 Å². The quantitative estimate of drug-likeness (QED) is 0.314. The van der Waals surface area contributed by atoms with Gasteiger partial charge in [-0.3, -0.25) is 9.32 Å². The van der Waals surface area contributed by atoms with Crippen molar-refractivity contribution in [3.63, 3.8) is 0 Å². The van der Waals surface area contributed by atoms with Crippen LogP contribution in [0.1, 0.15) is 25.8 Å². The molecule has 0 spiro atoms. The minimum atomic E-state index is -3.95. The molecule has 2 aromatic heterocycles. The number of carbonyl (C=O) groups is 1. The maximum absolute atomic E-state index is 13.3. The van der Waals surface area contributed by atoms with Crippen molar-refractivity contribution >= 4 is 46.8 Å². The van der Waals surface area contributed by atoms with E-state index in [1.165, 1.54) is 14.0 Å². The molecule has 1 aliphatic rings. The Morgan fingerprint density at radius 3 is 2.71 bits per heavy atom. The van der Waals surface area contributed by atoms with Gasteiger partial charge in [-0.2, -0.15) is 15.1 Å². The smallest absolute Gasteiger partial charge is 0.459 e. The summed E-state index contributed by atoms with van der Waals surface area (Å²) in [6.45, 7) is 1.49. The van der Waals surface area contributed by atoms with Crippen molar-refractivity contribution in [2.75, 3.05) is 19.5 Å². The third-order valence-corrected chi connectivity index (χ3v) is 7.62. The number of nitrogen functional groups attached to an aromatic ring is 1. The topological polar surface area (TPSA) is 164 Å². The van der Waals surface area contributed by atoms with Crippen molar-refractivity contribution in [1.82, 2.24) is 24.6 Å². The van der Waals surface area contributed by atoms with Crippen LogP contribution >= 0.6 is 23.7 Å².